The van der Waals surface area contributed by atoms with E-state index in [2.05, 4.69) is 12.0 Å². The van der Waals surface area contributed by atoms with Crippen LogP contribution in [0.4, 0.5) is 0 Å². The highest BCUT2D eigenvalue weighted by Gasteiger charge is 2.30. The summed E-state index contributed by atoms with van der Waals surface area (Å²) in [5.41, 5.74) is 1.95. The number of hydrogen-bond donors (Lipinski definition) is 0. The summed E-state index contributed by atoms with van der Waals surface area (Å²) in [5, 5.41) is 4.17. The van der Waals surface area contributed by atoms with E-state index in [1.807, 2.05) is 14.0 Å². The lowest BCUT2D eigenvalue weighted by molar-refractivity contribution is 0.254. The third-order valence-corrected chi connectivity index (χ3v) is 6.54. The van der Waals surface area contributed by atoms with Crippen LogP contribution in [0.15, 0.2) is 6.20 Å². The second-order valence-corrected chi connectivity index (χ2v) is 7.93. The summed E-state index contributed by atoms with van der Waals surface area (Å²) < 4.78 is 30.1. The second kappa shape index (κ2) is 6.46. The maximum absolute atomic E-state index is 12.6. The van der Waals surface area contributed by atoms with Crippen LogP contribution in [0, 0.1) is 12.8 Å². The number of aryl methyl sites for hydroxylation is 1. The molecule has 21 heavy (non-hydrogen) atoms. The van der Waals surface area contributed by atoms with Crippen LogP contribution >= 0.6 is 0 Å². The van der Waals surface area contributed by atoms with E-state index in [4.69, 9.17) is 0 Å². The van der Waals surface area contributed by atoms with Crippen LogP contribution in [-0.4, -0.2) is 46.9 Å². The Kier molecular flexibility index (Phi) is 5.06. The van der Waals surface area contributed by atoms with Gasteiger partial charge in [-0.3, -0.25) is 4.68 Å². The first-order valence-electron chi connectivity index (χ1n) is 7.55. The SMILES string of the molecule is CCC1CCN(S(=O)(=O)N(C)Cc2cnn(C)c2C)CC1. The number of aromatic nitrogens is 2. The predicted octanol–water partition coefficient (Wildman–Crippen LogP) is 1.53. The van der Waals surface area contributed by atoms with Gasteiger partial charge in [-0.05, 0) is 25.7 Å². The number of piperidine rings is 1. The highest BCUT2D eigenvalue weighted by Crippen LogP contribution is 2.23. The Morgan fingerprint density at radius 3 is 2.48 bits per heavy atom. The van der Waals surface area contributed by atoms with Gasteiger partial charge in [0.25, 0.3) is 10.2 Å². The molecule has 1 aliphatic heterocycles. The summed E-state index contributed by atoms with van der Waals surface area (Å²) in [6.07, 6.45) is 4.81. The van der Waals surface area contributed by atoms with Gasteiger partial charge in [0.05, 0.1) is 6.20 Å². The summed E-state index contributed by atoms with van der Waals surface area (Å²) in [5.74, 6) is 0.669. The zero-order valence-corrected chi connectivity index (χ0v) is 14.2. The van der Waals surface area contributed by atoms with Crippen LogP contribution in [0.2, 0.25) is 0 Å². The lowest BCUT2D eigenvalue weighted by Crippen LogP contribution is -2.45. The van der Waals surface area contributed by atoms with Gasteiger partial charge >= 0.3 is 0 Å². The molecule has 1 aliphatic rings. The van der Waals surface area contributed by atoms with Crippen LogP contribution < -0.4 is 0 Å². The predicted molar refractivity (Wildman–Crippen MR) is 82.9 cm³/mol. The summed E-state index contributed by atoms with van der Waals surface area (Å²) in [4.78, 5) is 0. The molecule has 0 bridgehead atoms. The fraction of sp³-hybridized carbons (Fsp3) is 0.786. The normalized spacial score (nSPS) is 18.5. The van der Waals surface area contributed by atoms with Gasteiger partial charge in [-0.2, -0.15) is 22.1 Å². The zero-order valence-electron chi connectivity index (χ0n) is 13.4. The first-order chi connectivity index (χ1) is 9.86. The van der Waals surface area contributed by atoms with E-state index in [0.29, 0.717) is 25.6 Å². The van der Waals surface area contributed by atoms with E-state index in [9.17, 15) is 8.42 Å². The molecule has 0 N–H and O–H groups in total. The number of hydrogen-bond acceptors (Lipinski definition) is 3. The van der Waals surface area contributed by atoms with Crippen LogP contribution in [0.25, 0.3) is 0 Å². The van der Waals surface area contributed by atoms with E-state index in [0.717, 1.165) is 30.5 Å². The molecular formula is C14H26N4O2S. The van der Waals surface area contributed by atoms with Crippen molar-refractivity contribution >= 4 is 10.2 Å². The van der Waals surface area contributed by atoms with Gasteiger partial charge in [-0.25, -0.2) is 0 Å². The molecule has 1 aromatic heterocycles. The highest BCUT2D eigenvalue weighted by molar-refractivity contribution is 7.86. The Hall–Kier alpha value is -0.920. The van der Waals surface area contributed by atoms with Gasteiger partial charge in [-0.15, -0.1) is 0 Å². The van der Waals surface area contributed by atoms with E-state index < -0.39 is 10.2 Å². The summed E-state index contributed by atoms with van der Waals surface area (Å²) in [6, 6.07) is 0. The molecule has 0 radical (unpaired) electrons. The fourth-order valence-electron chi connectivity index (χ4n) is 2.77. The lowest BCUT2D eigenvalue weighted by atomic mass is 9.96. The molecule has 0 unspecified atom stereocenters. The molecule has 0 saturated carbocycles. The molecule has 0 aliphatic carbocycles. The molecule has 0 aromatic carbocycles. The quantitative estimate of drug-likeness (QED) is 0.828. The van der Waals surface area contributed by atoms with E-state index >= 15 is 0 Å². The van der Waals surface area contributed by atoms with Crippen molar-refractivity contribution in [2.24, 2.45) is 13.0 Å². The highest BCUT2D eigenvalue weighted by atomic mass is 32.2. The topological polar surface area (TPSA) is 58.4 Å². The van der Waals surface area contributed by atoms with Crippen LogP contribution in [0.5, 0.6) is 0 Å². The Labute approximate surface area is 127 Å². The maximum Gasteiger partial charge on any atom is 0.282 e. The smallest absolute Gasteiger partial charge is 0.273 e. The lowest BCUT2D eigenvalue weighted by Gasteiger charge is -2.33. The van der Waals surface area contributed by atoms with Gasteiger partial charge in [-0.1, -0.05) is 13.3 Å². The van der Waals surface area contributed by atoms with Crippen molar-refractivity contribution in [1.29, 1.82) is 0 Å². The first kappa shape index (κ1) is 16.5. The van der Waals surface area contributed by atoms with E-state index in [1.54, 1.807) is 22.2 Å². The van der Waals surface area contributed by atoms with Crippen molar-refractivity contribution in [3.63, 3.8) is 0 Å². The molecule has 0 amide bonds. The number of rotatable bonds is 5. The van der Waals surface area contributed by atoms with Crippen molar-refractivity contribution < 1.29 is 8.42 Å². The summed E-state index contributed by atoms with van der Waals surface area (Å²) >= 11 is 0. The molecular weight excluding hydrogens is 288 g/mol. The average Bonchev–Trinajstić information content (AvgIpc) is 2.79. The molecule has 2 heterocycles. The first-order valence-corrected chi connectivity index (χ1v) is 8.94. The van der Waals surface area contributed by atoms with Crippen molar-refractivity contribution in [3.8, 4) is 0 Å². The van der Waals surface area contributed by atoms with Crippen molar-refractivity contribution in [1.82, 2.24) is 18.4 Å². The summed E-state index contributed by atoms with van der Waals surface area (Å²) in [6.45, 7) is 5.77. The number of nitrogens with zero attached hydrogens (tertiary/aromatic N) is 4. The van der Waals surface area contributed by atoms with E-state index in [-0.39, 0.29) is 0 Å². The van der Waals surface area contributed by atoms with Crippen LogP contribution in [-0.2, 0) is 23.8 Å². The molecule has 7 heteroatoms. The molecule has 1 fully saturated rings. The average molecular weight is 314 g/mol. The molecule has 0 spiro atoms. The van der Waals surface area contributed by atoms with Crippen molar-refractivity contribution in [2.45, 2.75) is 39.7 Å². The molecule has 1 saturated heterocycles. The third kappa shape index (κ3) is 3.46. The molecule has 0 atom stereocenters. The summed E-state index contributed by atoms with van der Waals surface area (Å²) in [7, 11) is 0.141. The monoisotopic (exact) mass is 314 g/mol. The van der Waals surface area contributed by atoms with E-state index in [1.165, 1.54) is 4.31 Å². The Morgan fingerprint density at radius 1 is 1.38 bits per heavy atom. The van der Waals surface area contributed by atoms with Crippen LogP contribution in [0.3, 0.4) is 0 Å². The fourth-order valence-corrected chi connectivity index (χ4v) is 4.13. The standard InChI is InChI=1S/C14H26N4O2S/c1-5-13-6-8-18(9-7-13)21(19,20)16(3)11-14-10-15-17(4)12(14)2/h10,13H,5-9,11H2,1-4H3. The zero-order chi connectivity index (χ0) is 15.6. The molecule has 2 rings (SSSR count). The van der Waals surface area contributed by atoms with Crippen molar-refractivity contribution in [3.05, 3.63) is 17.5 Å². The van der Waals surface area contributed by atoms with Crippen molar-refractivity contribution in [2.75, 3.05) is 20.1 Å². The van der Waals surface area contributed by atoms with Gasteiger partial charge < -0.3 is 0 Å². The maximum atomic E-state index is 12.6. The van der Waals surface area contributed by atoms with Crippen LogP contribution in [0.1, 0.15) is 37.4 Å². The molecule has 6 nitrogen and oxygen atoms in total. The Morgan fingerprint density at radius 2 is 2.00 bits per heavy atom. The van der Waals surface area contributed by atoms with Gasteiger partial charge in [0.15, 0.2) is 0 Å². The largest absolute Gasteiger partial charge is 0.282 e. The molecule has 120 valence electrons. The Balaban J connectivity index is 2.04. The minimum absolute atomic E-state index is 0.371. The minimum Gasteiger partial charge on any atom is -0.273 e. The van der Waals surface area contributed by atoms with Gasteiger partial charge in [0.1, 0.15) is 0 Å². The molecule has 1 aromatic rings. The van der Waals surface area contributed by atoms with Gasteiger partial charge in [0.2, 0.25) is 0 Å². The minimum atomic E-state index is -3.37. The third-order valence-electron chi connectivity index (χ3n) is 4.60. The second-order valence-electron chi connectivity index (χ2n) is 5.89. The van der Waals surface area contributed by atoms with Gasteiger partial charge in [0, 0.05) is 45.0 Å². The Bertz CT molecular complexity index is 574.